The van der Waals surface area contributed by atoms with Crippen LogP contribution in [0.1, 0.15) is 19.3 Å². The summed E-state index contributed by atoms with van der Waals surface area (Å²) in [6.45, 7) is 13.6. The van der Waals surface area contributed by atoms with Crippen molar-refractivity contribution in [3.05, 3.63) is 0 Å². The molecule has 234 valence electrons. The van der Waals surface area contributed by atoms with E-state index in [-0.39, 0.29) is 9.50 Å². The van der Waals surface area contributed by atoms with Crippen LogP contribution in [0.5, 0.6) is 0 Å². The van der Waals surface area contributed by atoms with Crippen LogP contribution in [0.25, 0.3) is 0 Å². The zero-order chi connectivity index (χ0) is 27.8. The first kappa shape index (κ1) is 30.7. The molecule has 13 nitrogen and oxygen atoms in total. The molecule has 0 spiro atoms. The van der Waals surface area contributed by atoms with Crippen molar-refractivity contribution in [3.8, 4) is 0 Å². The van der Waals surface area contributed by atoms with Crippen molar-refractivity contribution in [2.75, 3.05) is 125 Å². The van der Waals surface area contributed by atoms with Crippen molar-refractivity contribution < 1.29 is 38.6 Å². The number of fused-ring (bicyclic) bond motifs is 18. The molecule has 6 bridgehead atoms. The Morgan fingerprint density at radius 2 is 0.780 bits per heavy atom. The summed E-state index contributed by atoms with van der Waals surface area (Å²) in [5.41, 5.74) is 0. The first-order valence-corrected chi connectivity index (χ1v) is 26.7. The Hall–Kier alpha value is 1.11. The molecule has 9 aliphatic heterocycles. The summed E-state index contributed by atoms with van der Waals surface area (Å²) in [7, 11) is 1.81. The van der Waals surface area contributed by atoms with Crippen molar-refractivity contribution in [1.29, 1.82) is 0 Å². The van der Waals surface area contributed by atoms with Gasteiger partial charge in [-0.1, -0.05) is 0 Å². The van der Waals surface area contributed by atoms with Gasteiger partial charge in [0.15, 0.2) is 0 Å². The van der Waals surface area contributed by atoms with E-state index >= 15 is 0 Å². The fourth-order valence-corrected chi connectivity index (χ4v) is 31.3. The molecule has 1 saturated carbocycles. The Morgan fingerprint density at radius 3 is 1.07 bits per heavy atom. The number of hydrogen-bond donors (Lipinski definition) is 0. The van der Waals surface area contributed by atoms with Crippen LogP contribution in [-0.2, 0) is 38.6 Å². The average molecular weight is 767 g/mol. The van der Waals surface area contributed by atoms with Crippen LogP contribution in [0, 0.1) is 0 Å². The van der Waals surface area contributed by atoms with Gasteiger partial charge in [-0.15, -0.1) is 0 Å². The number of hydrogen-bond acceptors (Lipinski definition) is 13. The van der Waals surface area contributed by atoms with Gasteiger partial charge in [-0.25, -0.2) is 0 Å². The molecule has 2 atom stereocenters. The summed E-state index contributed by atoms with van der Waals surface area (Å²) in [4.78, 5) is 7.07. The summed E-state index contributed by atoms with van der Waals surface area (Å²) in [5, 5.41) is 0. The molecular weight excluding hydrogens is 720 g/mol. The Morgan fingerprint density at radius 1 is 0.488 bits per heavy atom. The normalized spacial score (nSPS) is 49.8. The van der Waals surface area contributed by atoms with E-state index in [2.05, 4.69) is 14.7 Å². The van der Waals surface area contributed by atoms with Crippen molar-refractivity contribution >= 4 is 42.8 Å². The second kappa shape index (κ2) is 13.1. The topological polar surface area (TPSA) is 102 Å². The van der Waals surface area contributed by atoms with Crippen LogP contribution in [0.15, 0.2) is 0 Å². The van der Waals surface area contributed by atoms with E-state index in [1.807, 2.05) is 7.11 Å². The molecule has 10 aliphatic rings. The van der Waals surface area contributed by atoms with Gasteiger partial charge >= 0.3 is 255 Å². The van der Waals surface area contributed by atoms with Crippen molar-refractivity contribution in [3.63, 3.8) is 0 Å². The van der Waals surface area contributed by atoms with E-state index in [4.69, 9.17) is 38.6 Å². The molecule has 0 N–H and O–H groups in total. The second-order valence-electron chi connectivity index (χ2n) is 12.2. The maximum atomic E-state index is 6.80. The van der Waals surface area contributed by atoms with Gasteiger partial charge in [0.1, 0.15) is 0 Å². The molecule has 1 aliphatic carbocycles. The van der Waals surface area contributed by atoms with Crippen molar-refractivity contribution in [2.24, 2.45) is 0 Å². The summed E-state index contributed by atoms with van der Waals surface area (Å²) >= 11 is -11.7. The first-order valence-electron chi connectivity index (χ1n) is 15.6. The van der Waals surface area contributed by atoms with Gasteiger partial charge in [0.25, 0.3) is 0 Å². The van der Waals surface area contributed by atoms with E-state index in [1.54, 1.807) is 0 Å². The van der Waals surface area contributed by atoms with E-state index in [0.717, 1.165) is 65.3 Å². The van der Waals surface area contributed by atoms with Gasteiger partial charge in [-0.2, -0.15) is 0 Å². The fourth-order valence-electron chi connectivity index (χ4n) is 7.78. The number of ether oxygens (including phenoxy) is 1. The van der Waals surface area contributed by atoms with Gasteiger partial charge in [-0.3, -0.25) is 0 Å². The van der Waals surface area contributed by atoms with Gasteiger partial charge in [0.2, 0.25) is 0 Å². The monoisotopic (exact) mass is 771 g/mol. The van der Waals surface area contributed by atoms with E-state index in [9.17, 15) is 0 Å². The Balaban J connectivity index is 1.29. The van der Waals surface area contributed by atoms with Gasteiger partial charge in [0.05, 0.1) is 0 Å². The predicted molar refractivity (Wildman–Crippen MR) is 151 cm³/mol. The van der Waals surface area contributed by atoms with Gasteiger partial charge in [-0.05, 0) is 0 Å². The Bertz CT molecular complexity index is 785. The standard InChI is InChI=1S/C25H47Ge3N3O10/c1-32-25(28-39-17-8-31(9-18-40-28)10-19-41-28)21-23(26-33-11-2-29(3-12-34-26)4-13-35-26)20-24(22-25)27-36-14-5-30(6-15-37-27)7-16-38-27/h23-24H,2-22H2,1H3. The molecule has 0 aromatic rings. The van der Waals surface area contributed by atoms with Crippen LogP contribution >= 0.6 is 0 Å². The molecule has 0 radical (unpaired) electrons. The third-order valence-electron chi connectivity index (χ3n) is 10.0. The molecular formula is C25H47Ge3N3O10. The molecule has 41 heavy (non-hydrogen) atoms. The molecule has 2 unspecified atom stereocenters. The maximum absolute atomic E-state index is 6.80. The summed E-state index contributed by atoms with van der Waals surface area (Å²) in [6, 6.07) is 0. The Kier molecular flexibility index (Phi) is 9.81. The number of nitrogens with zero attached hydrogens (tertiary/aromatic N) is 3. The molecule has 0 amide bonds. The van der Waals surface area contributed by atoms with Crippen LogP contribution in [-0.4, -0.2) is 187 Å². The SMILES string of the molecule is CO[C]1([Ge]23[O]CCN(CC[O]2)CC[O]3)C[CH]([Ge]23[O]CCN(CC[O]2)CC[O]3)C[CH]([Ge]23[O]CCN(CC[O]2)CC[O]3)C1. The minimum atomic E-state index is -4.07. The van der Waals surface area contributed by atoms with Gasteiger partial charge < -0.3 is 0 Å². The van der Waals surface area contributed by atoms with Crippen LogP contribution < -0.4 is 0 Å². The van der Waals surface area contributed by atoms with Crippen LogP contribution in [0.4, 0.5) is 0 Å². The average Bonchev–Trinajstić information content (AvgIpc) is 2.86. The van der Waals surface area contributed by atoms with Crippen LogP contribution in [0.3, 0.4) is 0 Å². The molecule has 9 saturated heterocycles. The number of rotatable bonds is 4. The van der Waals surface area contributed by atoms with E-state index in [0.29, 0.717) is 72.3 Å². The summed E-state index contributed by atoms with van der Waals surface area (Å²) in [5.74, 6) is 0. The zero-order valence-corrected chi connectivity index (χ0v) is 30.7. The molecule has 10 rings (SSSR count). The van der Waals surface area contributed by atoms with Gasteiger partial charge in [0, 0.05) is 0 Å². The second-order valence-corrected chi connectivity index (χ2v) is 30.3. The minimum absolute atomic E-state index is 0.0182. The van der Waals surface area contributed by atoms with Crippen molar-refractivity contribution in [2.45, 2.75) is 33.2 Å². The summed E-state index contributed by atoms with van der Waals surface area (Å²) in [6.07, 6.45) is 2.18. The first-order chi connectivity index (χ1) is 20.1. The van der Waals surface area contributed by atoms with E-state index < -0.39 is 47.3 Å². The van der Waals surface area contributed by atoms with Crippen LogP contribution in [0.2, 0.25) is 9.50 Å². The van der Waals surface area contributed by atoms with Crippen molar-refractivity contribution in [1.82, 2.24) is 14.7 Å². The van der Waals surface area contributed by atoms with E-state index in [1.165, 1.54) is 0 Å². The molecule has 0 aromatic carbocycles. The Labute approximate surface area is 253 Å². The molecule has 10 fully saturated rings. The zero-order valence-electron chi connectivity index (χ0n) is 24.4. The fraction of sp³-hybridized carbons (Fsp3) is 1.00. The summed E-state index contributed by atoms with van der Waals surface area (Å²) < 4.78 is 67.0. The third-order valence-corrected chi connectivity index (χ3v) is 31.0. The quantitative estimate of drug-likeness (QED) is 0.354. The predicted octanol–water partition coefficient (Wildman–Crippen LogP) is -0.211. The third kappa shape index (κ3) is 6.03. The molecule has 9 heterocycles. The number of methoxy groups -OCH3 is 1. The molecule has 0 aromatic heterocycles. The molecule has 16 heteroatoms.